The Bertz CT molecular complexity index is 1180. The summed E-state index contributed by atoms with van der Waals surface area (Å²) in [5, 5.41) is 3.25. The summed E-state index contributed by atoms with van der Waals surface area (Å²) < 4.78 is 43.3. The lowest BCUT2D eigenvalue weighted by molar-refractivity contribution is -0.137. The number of alkyl halides is 3. The summed E-state index contributed by atoms with van der Waals surface area (Å²) in [4.78, 5) is 20.7. The first-order chi connectivity index (χ1) is 14.9. The predicted molar refractivity (Wildman–Crippen MR) is 108 cm³/mol. The first-order valence-corrected chi connectivity index (χ1v) is 9.37. The summed E-state index contributed by atoms with van der Waals surface area (Å²) in [5.41, 5.74) is 2.15. The summed E-state index contributed by atoms with van der Waals surface area (Å²) in [6, 6.07) is 9.36. The van der Waals surface area contributed by atoms with Gasteiger partial charge in [0.15, 0.2) is 17.0 Å². The minimum atomic E-state index is -4.43. The predicted octanol–water partition coefficient (Wildman–Crippen LogP) is 4.59. The quantitative estimate of drug-likeness (QED) is 0.483. The Hall–Kier alpha value is -3.82. The van der Waals surface area contributed by atoms with Gasteiger partial charge in [-0.15, -0.1) is 0 Å². The van der Waals surface area contributed by atoms with Crippen LogP contribution in [0.25, 0.3) is 11.2 Å². The van der Waals surface area contributed by atoms with Crippen LogP contribution >= 0.6 is 0 Å². The monoisotopic (exact) mass is 426 g/mol. The van der Waals surface area contributed by atoms with Gasteiger partial charge in [0, 0.05) is 18.8 Å². The minimum absolute atomic E-state index is 0.0921. The molecule has 10 heteroatoms. The minimum Gasteiger partial charge on any atom is -0.439 e. The fourth-order valence-electron chi connectivity index (χ4n) is 2.83. The maximum absolute atomic E-state index is 12.6. The van der Waals surface area contributed by atoms with E-state index in [-0.39, 0.29) is 5.88 Å². The van der Waals surface area contributed by atoms with Gasteiger partial charge in [-0.2, -0.15) is 13.2 Å². The molecule has 0 bridgehead atoms. The number of hydrogen-bond donors (Lipinski definition) is 1. The van der Waals surface area contributed by atoms with Crippen LogP contribution in [0.4, 0.5) is 19.0 Å². The number of aryl methyl sites for hydroxylation is 1. The molecule has 7 nitrogen and oxygen atoms in total. The van der Waals surface area contributed by atoms with E-state index in [1.807, 2.05) is 19.1 Å². The molecule has 31 heavy (non-hydrogen) atoms. The summed E-state index contributed by atoms with van der Waals surface area (Å²) in [5.74, 6) is 1.19. The number of rotatable bonds is 6. The lowest BCUT2D eigenvalue weighted by atomic mass is 10.1. The van der Waals surface area contributed by atoms with Gasteiger partial charge in [-0.05, 0) is 37.1 Å². The third kappa shape index (κ3) is 5.03. The summed E-state index contributed by atoms with van der Waals surface area (Å²) >= 11 is 0. The Morgan fingerprint density at radius 1 is 0.935 bits per heavy atom. The van der Waals surface area contributed by atoms with Crippen LogP contribution in [-0.2, 0) is 12.6 Å². The van der Waals surface area contributed by atoms with E-state index >= 15 is 0 Å². The highest BCUT2D eigenvalue weighted by molar-refractivity contribution is 5.81. The number of pyridine rings is 1. The van der Waals surface area contributed by atoms with Gasteiger partial charge in [-0.25, -0.2) is 24.9 Å². The van der Waals surface area contributed by atoms with Crippen LogP contribution in [0.15, 0.2) is 55.1 Å². The molecule has 3 aromatic heterocycles. The standard InChI is InChI=1S/C21H17F3N6O/c1-13-10-27-20-18(30-13)19(28-12-29-20)25-9-8-14-2-5-16(6-3-14)31-17-7-4-15(11-26-17)21(22,23)24/h2-7,10-12H,8-9H2,1H3,(H,25,27,28,29). The largest absolute Gasteiger partial charge is 0.439 e. The number of fused-ring (bicyclic) bond motifs is 1. The molecule has 0 amide bonds. The van der Waals surface area contributed by atoms with Crippen LogP contribution < -0.4 is 10.1 Å². The molecule has 0 unspecified atom stereocenters. The molecule has 0 atom stereocenters. The molecule has 4 rings (SSSR count). The van der Waals surface area contributed by atoms with Crippen LogP contribution in [0.2, 0.25) is 0 Å². The molecular weight excluding hydrogens is 409 g/mol. The molecule has 4 aromatic rings. The molecule has 0 saturated heterocycles. The zero-order chi connectivity index (χ0) is 21.8. The van der Waals surface area contributed by atoms with Crippen molar-refractivity contribution >= 4 is 17.0 Å². The van der Waals surface area contributed by atoms with E-state index in [4.69, 9.17) is 4.74 Å². The molecule has 0 saturated carbocycles. The van der Waals surface area contributed by atoms with Crippen molar-refractivity contribution in [1.29, 1.82) is 0 Å². The van der Waals surface area contributed by atoms with Gasteiger partial charge >= 0.3 is 6.18 Å². The van der Waals surface area contributed by atoms with Gasteiger partial charge in [0.25, 0.3) is 0 Å². The van der Waals surface area contributed by atoms with Gasteiger partial charge in [0.05, 0.1) is 17.5 Å². The normalized spacial score (nSPS) is 11.5. The summed E-state index contributed by atoms with van der Waals surface area (Å²) in [6.07, 6.45) is 0.130. The number of benzene rings is 1. The zero-order valence-electron chi connectivity index (χ0n) is 16.4. The SMILES string of the molecule is Cc1cnc2ncnc(NCCc3ccc(Oc4ccc(C(F)(F)F)cn4)cc3)c2n1. The van der Waals surface area contributed by atoms with Gasteiger partial charge in [-0.3, -0.25) is 0 Å². The number of ether oxygens (including phenoxy) is 1. The smallest absolute Gasteiger partial charge is 0.417 e. The molecular formula is C21H17F3N6O. The van der Waals surface area contributed by atoms with E-state index in [2.05, 4.69) is 30.2 Å². The highest BCUT2D eigenvalue weighted by atomic mass is 19.4. The fraction of sp³-hybridized carbons (Fsp3) is 0.190. The lowest BCUT2D eigenvalue weighted by Crippen LogP contribution is -2.08. The van der Waals surface area contributed by atoms with Crippen LogP contribution in [0.1, 0.15) is 16.8 Å². The van der Waals surface area contributed by atoms with Crippen molar-refractivity contribution in [3.8, 4) is 11.6 Å². The van der Waals surface area contributed by atoms with Crippen molar-refractivity contribution in [1.82, 2.24) is 24.9 Å². The van der Waals surface area contributed by atoms with Crippen molar-refractivity contribution in [3.05, 3.63) is 71.9 Å². The molecule has 3 heterocycles. The molecule has 0 fully saturated rings. The average Bonchev–Trinajstić information content (AvgIpc) is 2.75. The average molecular weight is 426 g/mol. The molecule has 1 aromatic carbocycles. The van der Waals surface area contributed by atoms with Crippen molar-refractivity contribution < 1.29 is 17.9 Å². The van der Waals surface area contributed by atoms with Crippen LogP contribution in [-0.4, -0.2) is 31.5 Å². The van der Waals surface area contributed by atoms with Crippen LogP contribution in [0, 0.1) is 6.92 Å². The second kappa shape index (κ2) is 8.50. The van der Waals surface area contributed by atoms with Crippen LogP contribution in [0.5, 0.6) is 11.6 Å². The molecule has 0 aliphatic carbocycles. The molecule has 158 valence electrons. The number of hydrogen-bond acceptors (Lipinski definition) is 7. The third-order valence-electron chi connectivity index (χ3n) is 4.38. The van der Waals surface area contributed by atoms with E-state index in [1.54, 1.807) is 18.3 Å². The number of nitrogens with zero attached hydrogens (tertiary/aromatic N) is 5. The molecule has 0 aliphatic rings. The van der Waals surface area contributed by atoms with Gasteiger partial charge < -0.3 is 10.1 Å². The van der Waals surface area contributed by atoms with E-state index in [1.165, 1.54) is 12.4 Å². The molecule has 1 N–H and O–H groups in total. The van der Waals surface area contributed by atoms with Crippen molar-refractivity contribution in [2.24, 2.45) is 0 Å². The number of aromatic nitrogens is 5. The maximum Gasteiger partial charge on any atom is 0.417 e. The Morgan fingerprint density at radius 3 is 2.45 bits per heavy atom. The Morgan fingerprint density at radius 2 is 1.74 bits per heavy atom. The Labute approximate surface area is 175 Å². The second-order valence-electron chi connectivity index (χ2n) is 6.71. The number of anilines is 1. The molecule has 0 radical (unpaired) electrons. The number of nitrogens with one attached hydrogen (secondary N) is 1. The van der Waals surface area contributed by atoms with Crippen molar-refractivity contribution in [3.63, 3.8) is 0 Å². The van der Waals surface area contributed by atoms with Gasteiger partial charge in [-0.1, -0.05) is 12.1 Å². The van der Waals surface area contributed by atoms with E-state index < -0.39 is 11.7 Å². The highest BCUT2D eigenvalue weighted by Gasteiger charge is 2.30. The zero-order valence-corrected chi connectivity index (χ0v) is 16.4. The fourth-order valence-corrected chi connectivity index (χ4v) is 2.83. The van der Waals surface area contributed by atoms with E-state index in [0.717, 1.165) is 23.5 Å². The van der Waals surface area contributed by atoms with E-state index in [0.29, 0.717) is 35.7 Å². The highest BCUT2D eigenvalue weighted by Crippen LogP contribution is 2.30. The third-order valence-corrected chi connectivity index (χ3v) is 4.38. The molecule has 0 spiro atoms. The second-order valence-corrected chi connectivity index (χ2v) is 6.71. The topological polar surface area (TPSA) is 85.7 Å². The first kappa shape index (κ1) is 20.5. The Kier molecular flexibility index (Phi) is 5.61. The summed E-state index contributed by atoms with van der Waals surface area (Å²) in [7, 11) is 0. The lowest BCUT2D eigenvalue weighted by Gasteiger charge is -2.09. The van der Waals surface area contributed by atoms with Crippen molar-refractivity contribution in [2.75, 3.05) is 11.9 Å². The summed E-state index contributed by atoms with van der Waals surface area (Å²) in [6.45, 7) is 2.47. The van der Waals surface area contributed by atoms with Gasteiger partial charge in [0.2, 0.25) is 5.88 Å². The number of halogens is 3. The first-order valence-electron chi connectivity index (χ1n) is 9.37. The Balaban J connectivity index is 1.35. The van der Waals surface area contributed by atoms with Crippen molar-refractivity contribution in [2.45, 2.75) is 19.5 Å². The van der Waals surface area contributed by atoms with Crippen LogP contribution in [0.3, 0.4) is 0 Å². The molecule has 0 aliphatic heterocycles. The van der Waals surface area contributed by atoms with Gasteiger partial charge in [0.1, 0.15) is 12.1 Å². The maximum atomic E-state index is 12.6. The van der Waals surface area contributed by atoms with E-state index in [9.17, 15) is 13.2 Å².